The fraction of sp³-hybridized carbons (Fsp3) is 0.143. The molecule has 0 aliphatic heterocycles. The topological polar surface area (TPSA) is 3.24 Å². The smallest absolute Gasteiger partial charge is 0.0460 e. The summed E-state index contributed by atoms with van der Waals surface area (Å²) in [7, 11) is 0. The number of benzene rings is 1. The van der Waals surface area contributed by atoms with Crippen LogP contribution in [0.2, 0.25) is 0 Å². The van der Waals surface area contributed by atoms with Gasteiger partial charge in [-0.3, -0.25) is 0 Å². The molecule has 1 aromatic carbocycles. The summed E-state index contributed by atoms with van der Waals surface area (Å²) in [6.07, 6.45) is 0. The maximum absolute atomic E-state index is 3.40. The molecule has 0 saturated carbocycles. The second kappa shape index (κ2) is 4.60. The zero-order valence-corrected chi connectivity index (χ0v) is 10.4. The Balaban J connectivity index is 2.71. The maximum Gasteiger partial charge on any atom is 0.0460 e. The molecule has 0 aromatic heterocycles. The summed E-state index contributed by atoms with van der Waals surface area (Å²) >= 11 is 9.94. The summed E-state index contributed by atoms with van der Waals surface area (Å²) in [5.74, 6) is 0. The fourth-order valence-corrected chi connectivity index (χ4v) is 1.80. The number of hydrogen-bond donors (Lipinski definition) is 0. The molecule has 1 nitrogen and oxygen atoms in total. The second-order valence-corrected chi connectivity index (χ2v) is 5.67. The Hall–Kier alpha value is 0.620. The molecule has 0 N–H and O–H groups in total. The minimum atomic E-state index is 0.833. The molecule has 0 spiro atoms. The lowest BCUT2D eigenvalue weighted by Gasteiger charge is -2.04. The molecule has 0 amide bonds. The lowest BCUT2D eigenvalue weighted by atomic mass is 10.2. The van der Waals surface area contributed by atoms with Crippen molar-refractivity contribution < 1.29 is 0 Å². The first-order valence-corrected chi connectivity index (χ1v) is 5.23. The zero-order valence-electron chi connectivity index (χ0n) is 5.60. The standard InChI is InChI=1S/C7H6Br3N/c8-7-3-1-2-6(4-7)5-11(9)10/h1-4H,5H2. The molecule has 0 bridgehead atoms. The Morgan fingerprint density at radius 3 is 2.55 bits per heavy atom. The second-order valence-electron chi connectivity index (χ2n) is 2.09. The van der Waals surface area contributed by atoms with Crippen molar-refractivity contribution in [3.8, 4) is 0 Å². The van der Waals surface area contributed by atoms with Crippen LogP contribution in [0.1, 0.15) is 5.56 Å². The highest BCUT2D eigenvalue weighted by molar-refractivity contribution is 9.21. The van der Waals surface area contributed by atoms with Crippen LogP contribution in [0.4, 0.5) is 0 Å². The molecular formula is C7H6Br3N. The van der Waals surface area contributed by atoms with E-state index >= 15 is 0 Å². The highest BCUT2D eigenvalue weighted by Crippen LogP contribution is 2.16. The molecule has 0 atom stereocenters. The molecule has 60 valence electrons. The third kappa shape index (κ3) is 3.69. The highest BCUT2D eigenvalue weighted by Gasteiger charge is 1.96. The van der Waals surface area contributed by atoms with Crippen LogP contribution in [0, 0.1) is 0 Å². The van der Waals surface area contributed by atoms with Crippen molar-refractivity contribution in [3.63, 3.8) is 0 Å². The van der Waals surface area contributed by atoms with Crippen LogP contribution in [-0.4, -0.2) is 2.95 Å². The van der Waals surface area contributed by atoms with E-state index in [0.29, 0.717) is 0 Å². The van der Waals surface area contributed by atoms with E-state index in [4.69, 9.17) is 0 Å². The molecule has 1 rings (SSSR count). The van der Waals surface area contributed by atoms with Gasteiger partial charge in [-0.25, -0.2) is 0 Å². The third-order valence-corrected chi connectivity index (χ3v) is 2.19. The number of halogens is 3. The van der Waals surface area contributed by atoms with E-state index in [9.17, 15) is 0 Å². The van der Waals surface area contributed by atoms with Gasteiger partial charge < -0.3 is 0 Å². The summed E-state index contributed by atoms with van der Waals surface area (Å²) in [6, 6.07) is 8.18. The van der Waals surface area contributed by atoms with Gasteiger partial charge in [0.2, 0.25) is 0 Å². The summed E-state index contributed by atoms with van der Waals surface area (Å²) < 4.78 is 2.89. The molecule has 0 radical (unpaired) electrons. The van der Waals surface area contributed by atoms with Crippen LogP contribution < -0.4 is 0 Å². The molecule has 0 fully saturated rings. The molecular weight excluding hydrogens is 338 g/mol. The van der Waals surface area contributed by atoms with E-state index in [2.05, 4.69) is 60.4 Å². The largest absolute Gasteiger partial charge is 0.173 e. The van der Waals surface area contributed by atoms with Crippen LogP contribution in [-0.2, 0) is 6.54 Å². The van der Waals surface area contributed by atoms with Crippen LogP contribution in [0.15, 0.2) is 28.7 Å². The van der Waals surface area contributed by atoms with Crippen LogP contribution in [0.25, 0.3) is 0 Å². The summed E-state index contributed by atoms with van der Waals surface area (Å²) in [6.45, 7) is 0.833. The number of nitrogens with zero attached hydrogens (tertiary/aromatic N) is 1. The summed E-state index contributed by atoms with van der Waals surface area (Å²) in [5.41, 5.74) is 1.24. The van der Waals surface area contributed by atoms with Crippen molar-refractivity contribution >= 4 is 48.2 Å². The Labute approximate surface area is 91.6 Å². The molecule has 4 heteroatoms. The third-order valence-electron chi connectivity index (χ3n) is 1.19. The Kier molecular flexibility index (Phi) is 4.06. The zero-order chi connectivity index (χ0) is 8.27. The van der Waals surface area contributed by atoms with Crippen LogP contribution in [0.3, 0.4) is 0 Å². The lowest BCUT2D eigenvalue weighted by molar-refractivity contribution is 0.784. The van der Waals surface area contributed by atoms with Gasteiger partial charge in [0.1, 0.15) is 0 Å². The van der Waals surface area contributed by atoms with Gasteiger partial charge in [0.15, 0.2) is 0 Å². The number of rotatable bonds is 2. The van der Waals surface area contributed by atoms with Gasteiger partial charge in [-0.2, -0.15) is 2.95 Å². The van der Waals surface area contributed by atoms with E-state index in [1.165, 1.54) is 5.56 Å². The average Bonchev–Trinajstić information content (AvgIpc) is 1.85. The van der Waals surface area contributed by atoms with Gasteiger partial charge >= 0.3 is 0 Å². The van der Waals surface area contributed by atoms with Crippen molar-refractivity contribution in [1.82, 2.24) is 2.95 Å². The molecule has 0 heterocycles. The first-order valence-electron chi connectivity index (χ1n) is 3.02. The van der Waals surface area contributed by atoms with Crippen molar-refractivity contribution in [2.75, 3.05) is 0 Å². The average molecular weight is 344 g/mol. The van der Waals surface area contributed by atoms with Crippen molar-refractivity contribution in [1.29, 1.82) is 0 Å². The quantitative estimate of drug-likeness (QED) is 0.737. The van der Waals surface area contributed by atoms with E-state index in [0.717, 1.165) is 11.0 Å². The molecule has 0 saturated heterocycles. The highest BCUT2D eigenvalue weighted by atomic mass is 79.9. The first-order chi connectivity index (χ1) is 5.18. The van der Waals surface area contributed by atoms with E-state index in [1.807, 2.05) is 12.1 Å². The van der Waals surface area contributed by atoms with Gasteiger partial charge in [0.25, 0.3) is 0 Å². The van der Waals surface area contributed by atoms with Crippen LogP contribution in [0.5, 0.6) is 0 Å². The summed E-state index contributed by atoms with van der Waals surface area (Å²) in [4.78, 5) is 0. The molecule has 11 heavy (non-hydrogen) atoms. The van der Waals surface area contributed by atoms with Crippen molar-refractivity contribution in [2.24, 2.45) is 0 Å². The lowest BCUT2D eigenvalue weighted by Crippen LogP contribution is -1.95. The number of hydrogen-bond acceptors (Lipinski definition) is 1. The minimum absolute atomic E-state index is 0.833. The van der Waals surface area contributed by atoms with Crippen LogP contribution >= 0.6 is 48.2 Å². The minimum Gasteiger partial charge on any atom is -0.173 e. The first kappa shape index (κ1) is 9.71. The SMILES string of the molecule is Brc1cccc(CN(Br)Br)c1. The van der Waals surface area contributed by atoms with Gasteiger partial charge in [0, 0.05) is 43.3 Å². The van der Waals surface area contributed by atoms with Gasteiger partial charge in [-0.15, -0.1) is 0 Å². The predicted molar refractivity (Wildman–Crippen MR) is 57.5 cm³/mol. The summed E-state index contributed by atoms with van der Waals surface area (Å²) in [5, 5.41) is 0. The normalized spacial score (nSPS) is 10.5. The van der Waals surface area contributed by atoms with Gasteiger partial charge in [-0.1, -0.05) is 28.1 Å². The monoisotopic (exact) mass is 341 g/mol. The molecule has 1 aromatic rings. The fourth-order valence-electron chi connectivity index (χ4n) is 0.773. The Morgan fingerprint density at radius 1 is 1.27 bits per heavy atom. The van der Waals surface area contributed by atoms with Crippen molar-refractivity contribution in [2.45, 2.75) is 6.54 Å². The maximum atomic E-state index is 3.40. The van der Waals surface area contributed by atoms with Crippen molar-refractivity contribution in [3.05, 3.63) is 34.3 Å². The van der Waals surface area contributed by atoms with Gasteiger partial charge in [-0.05, 0) is 17.7 Å². The Bertz CT molecular complexity index is 237. The Morgan fingerprint density at radius 2 is 2.00 bits per heavy atom. The molecule has 0 unspecified atom stereocenters. The van der Waals surface area contributed by atoms with E-state index < -0.39 is 0 Å². The molecule has 0 aliphatic rings. The predicted octanol–water partition coefficient (Wildman–Crippen LogP) is 3.87. The van der Waals surface area contributed by atoms with E-state index in [-0.39, 0.29) is 0 Å². The van der Waals surface area contributed by atoms with E-state index in [1.54, 1.807) is 2.95 Å². The molecule has 0 aliphatic carbocycles. The van der Waals surface area contributed by atoms with Gasteiger partial charge in [0.05, 0.1) is 0 Å².